The molecule has 0 aromatic heterocycles. The molecule has 2 rings (SSSR count). The lowest BCUT2D eigenvalue weighted by atomic mass is 10.1. The Bertz CT molecular complexity index is 680. The largest absolute Gasteiger partial charge is 0.497 e. The second-order valence-corrected chi connectivity index (χ2v) is 5.92. The molecule has 1 N–H and O–H groups in total. The molecule has 24 heavy (non-hydrogen) atoms. The Labute approximate surface area is 143 Å². The zero-order valence-electron chi connectivity index (χ0n) is 14.8. The second-order valence-electron chi connectivity index (χ2n) is 5.92. The summed E-state index contributed by atoms with van der Waals surface area (Å²) in [6, 6.07) is 13.8. The first kappa shape index (κ1) is 17.9. The summed E-state index contributed by atoms with van der Waals surface area (Å²) in [5.74, 6) is 1.47. The molecule has 2 aromatic carbocycles. The van der Waals surface area contributed by atoms with Gasteiger partial charge in [-0.15, -0.1) is 0 Å². The molecule has 0 saturated heterocycles. The highest BCUT2D eigenvalue weighted by Crippen LogP contribution is 2.20. The Morgan fingerprint density at radius 1 is 1.12 bits per heavy atom. The van der Waals surface area contributed by atoms with E-state index in [1.165, 1.54) is 5.56 Å². The third kappa shape index (κ3) is 5.01. The maximum Gasteiger partial charge on any atom is 0.260 e. The third-order valence-corrected chi connectivity index (χ3v) is 3.88. The van der Waals surface area contributed by atoms with Crippen molar-refractivity contribution < 1.29 is 14.3 Å². The lowest BCUT2D eigenvalue weighted by Gasteiger charge is -2.16. The van der Waals surface area contributed by atoms with E-state index in [0.29, 0.717) is 6.54 Å². The number of carbonyl (C=O) groups is 1. The Hall–Kier alpha value is -2.49. The Kier molecular flexibility index (Phi) is 6.24. The van der Waals surface area contributed by atoms with Crippen molar-refractivity contribution in [2.45, 2.75) is 33.3 Å². The number of aryl methyl sites for hydroxylation is 2. The zero-order chi connectivity index (χ0) is 17.5. The minimum atomic E-state index is -0.526. The van der Waals surface area contributed by atoms with Crippen LogP contribution in [0.4, 0.5) is 0 Å². The number of benzene rings is 2. The van der Waals surface area contributed by atoms with Crippen LogP contribution in [0.1, 0.15) is 23.6 Å². The van der Waals surface area contributed by atoms with Crippen molar-refractivity contribution in [1.29, 1.82) is 0 Å². The summed E-state index contributed by atoms with van der Waals surface area (Å²) in [4.78, 5) is 12.2. The smallest absolute Gasteiger partial charge is 0.260 e. The molecule has 1 atom stereocenters. The Balaban J connectivity index is 1.80. The van der Waals surface area contributed by atoms with Gasteiger partial charge in [0, 0.05) is 6.54 Å². The van der Waals surface area contributed by atoms with Gasteiger partial charge in [0.1, 0.15) is 11.5 Å². The van der Waals surface area contributed by atoms with Crippen molar-refractivity contribution in [3.8, 4) is 11.5 Å². The lowest BCUT2D eigenvalue weighted by Crippen LogP contribution is -2.37. The van der Waals surface area contributed by atoms with E-state index in [0.717, 1.165) is 29.0 Å². The summed E-state index contributed by atoms with van der Waals surface area (Å²) in [5, 5.41) is 2.92. The van der Waals surface area contributed by atoms with E-state index in [9.17, 15) is 4.79 Å². The Morgan fingerprint density at radius 3 is 2.46 bits per heavy atom. The third-order valence-electron chi connectivity index (χ3n) is 3.88. The molecule has 2 aromatic rings. The molecule has 4 nitrogen and oxygen atoms in total. The van der Waals surface area contributed by atoms with E-state index in [4.69, 9.17) is 9.47 Å². The van der Waals surface area contributed by atoms with Gasteiger partial charge in [0.2, 0.25) is 0 Å². The predicted molar refractivity (Wildman–Crippen MR) is 95.7 cm³/mol. The molecule has 0 aliphatic heterocycles. The van der Waals surface area contributed by atoms with Gasteiger partial charge in [-0.3, -0.25) is 4.79 Å². The van der Waals surface area contributed by atoms with Crippen LogP contribution >= 0.6 is 0 Å². The Morgan fingerprint density at radius 2 is 1.83 bits per heavy atom. The van der Waals surface area contributed by atoms with Crippen molar-refractivity contribution in [3.05, 3.63) is 59.2 Å². The summed E-state index contributed by atoms with van der Waals surface area (Å²) in [7, 11) is 1.65. The first-order valence-electron chi connectivity index (χ1n) is 8.14. The summed E-state index contributed by atoms with van der Waals surface area (Å²) < 4.78 is 10.9. The van der Waals surface area contributed by atoms with E-state index in [2.05, 4.69) is 5.32 Å². The molecule has 0 saturated carbocycles. The summed E-state index contributed by atoms with van der Waals surface area (Å²) in [6.45, 7) is 6.36. The van der Waals surface area contributed by atoms with E-state index < -0.39 is 6.10 Å². The second kappa shape index (κ2) is 8.39. The average Bonchev–Trinajstić information content (AvgIpc) is 2.57. The van der Waals surface area contributed by atoms with Crippen LogP contribution in [0.2, 0.25) is 0 Å². The first-order chi connectivity index (χ1) is 11.5. The minimum absolute atomic E-state index is 0.108. The highest BCUT2D eigenvalue weighted by Gasteiger charge is 2.15. The van der Waals surface area contributed by atoms with Crippen LogP contribution in [-0.2, 0) is 11.2 Å². The number of ether oxygens (including phenoxy) is 2. The fourth-order valence-corrected chi connectivity index (χ4v) is 2.44. The van der Waals surface area contributed by atoms with Crippen LogP contribution in [0.25, 0.3) is 0 Å². The molecule has 128 valence electrons. The van der Waals surface area contributed by atoms with Crippen molar-refractivity contribution in [2.24, 2.45) is 0 Å². The van der Waals surface area contributed by atoms with Gasteiger partial charge in [0.05, 0.1) is 7.11 Å². The molecule has 0 unspecified atom stereocenters. The van der Waals surface area contributed by atoms with Gasteiger partial charge in [-0.2, -0.15) is 0 Å². The lowest BCUT2D eigenvalue weighted by molar-refractivity contribution is -0.127. The van der Waals surface area contributed by atoms with Crippen molar-refractivity contribution >= 4 is 5.91 Å². The number of methoxy groups -OCH3 is 1. The normalized spacial score (nSPS) is 11.7. The topological polar surface area (TPSA) is 47.6 Å². The molecule has 0 bridgehead atoms. The van der Waals surface area contributed by atoms with Gasteiger partial charge in [-0.05, 0) is 56.5 Å². The maximum absolute atomic E-state index is 12.2. The van der Waals surface area contributed by atoms with E-state index in [-0.39, 0.29) is 5.91 Å². The number of amides is 1. The van der Waals surface area contributed by atoms with Crippen LogP contribution in [-0.4, -0.2) is 25.7 Å². The number of nitrogens with one attached hydrogen (secondary N) is 1. The quantitative estimate of drug-likeness (QED) is 0.847. The van der Waals surface area contributed by atoms with Gasteiger partial charge in [-0.25, -0.2) is 0 Å². The van der Waals surface area contributed by atoms with Gasteiger partial charge in [-0.1, -0.05) is 29.8 Å². The molecule has 4 heteroatoms. The van der Waals surface area contributed by atoms with E-state index in [1.54, 1.807) is 14.0 Å². The standard InChI is InChI=1S/C20H25NO3/c1-14-5-10-19(15(2)13-14)24-16(3)20(22)21-12-11-17-6-8-18(23-4)9-7-17/h5-10,13,16H,11-12H2,1-4H3,(H,21,22)/t16-/m1/s1. The monoisotopic (exact) mass is 327 g/mol. The van der Waals surface area contributed by atoms with Crippen LogP contribution < -0.4 is 14.8 Å². The minimum Gasteiger partial charge on any atom is -0.497 e. The summed E-state index contributed by atoms with van der Waals surface area (Å²) in [5.41, 5.74) is 3.36. The van der Waals surface area contributed by atoms with Gasteiger partial charge < -0.3 is 14.8 Å². The maximum atomic E-state index is 12.2. The summed E-state index contributed by atoms with van der Waals surface area (Å²) in [6.07, 6.45) is 0.244. The molecular weight excluding hydrogens is 302 g/mol. The summed E-state index contributed by atoms with van der Waals surface area (Å²) >= 11 is 0. The van der Waals surface area contributed by atoms with Crippen LogP contribution in [0, 0.1) is 13.8 Å². The molecule has 0 radical (unpaired) electrons. The molecule has 0 aliphatic rings. The van der Waals surface area contributed by atoms with Crippen LogP contribution in [0.15, 0.2) is 42.5 Å². The van der Waals surface area contributed by atoms with Crippen molar-refractivity contribution in [2.75, 3.05) is 13.7 Å². The molecule has 0 spiro atoms. The molecule has 0 fully saturated rings. The molecular formula is C20H25NO3. The molecule has 0 aliphatic carbocycles. The molecule has 1 amide bonds. The van der Waals surface area contributed by atoms with Crippen LogP contribution in [0.5, 0.6) is 11.5 Å². The first-order valence-corrected chi connectivity index (χ1v) is 8.14. The highest BCUT2D eigenvalue weighted by atomic mass is 16.5. The van der Waals surface area contributed by atoms with Crippen LogP contribution in [0.3, 0.4) is 0 Å². The van der Waals surface area contributed by atoms with Crippen molar-refractivity contribution in [1.82, 2.24) is 5.32 Å². The van der Waals surface area contributed by atoms with E-state index >= 15 is 0 Å². The van der Waals surface area contributed by atoms with Gasteiger partial charge in [0.15, 0.2) is 6.10 Å². The number of hydrogen-bond donors (Lipinski definition) is 1. The van der Waals surface area contributed by atoms with Gasteiger partial charge >= 0.3 is 0 Å². The number of carbonyl (C=O) groups excluding carboxylic acids is 1. The zero-order valence-corrected chi connectivity index (χ0v) is 14.8. The fraction of sp³-hybridized carbons (Fsp3) is 0.350. The average molecular weight is 327 g/mol. The highest BCUT2D eigenvalue weighted by molar-refractivity contribution is 5.80. The number of rotatable bonds is 7. The van der Waals surface area contributed by atoms with Crippen molar-refractivity contribution in [3.63, 3.8) is 0 Å². The predicted octanol–water partition coefficient (Wildman–Crippen LogP) is 3.44. The van der Waals surface area contributed by atoms with E-state index in [1.807, 2.05) is 56.3 Å². The number of hydrogen-bond acceptors (Lipinski definition) is 3. The fourth-order valence-electron chi connectivity index (χ4n) is 2.44. The molecule has 0 heterocycles. The van der Waals surface area contributed by atoms with Gasteiger partial charge in [0.25, 0.3) is 5.91 Å². The SMILES string of the molecule is COc1ccc(CCNC(=O)[C@@H](C)Oc2ccc(C)cc2C)cc1.